The number of furan rings is 1. The van der Waals surface area contributed by atoms with Crippen molar-refractivity contribution in [2.24, 2.45) is 0 Å². The van der Waals surface area contributed by atoms with Gasteiger partial charge in [-0.1, -0.05) is 0 Å². The van der Waals surface area contributed by atoms with Gasteiger partial charge in [0.1, 0.15) is 11.5 Å². The van der Waals surface area contributed by atoms with E-state index in [2.05, 4.69) is 5.32 Å². The first-order valence-electron chi connectivity index (χ1n) is 6.48. The van der Waals surface area contributed by atoms with Crippen LogP contribution in [-0.2, 0) is 10.5 Å². The Balaban J connectivity index is 1.94. The molecule has 0 saturated carbocycles. The van der Waals surface area contributed by atoms with Crippen LogP contribution in [0.5, 0.6) is 5.75 Å². The Bertz CT molecular complexity index is 599. The Morgan fingerprint density at radius 3 is 2.95 bits per heavy atom. The topological polar surface area (TPSA) is 77.5 Å². The molecule has 1 heterocycles. The number of benzene rings is 1. The lowest BCUT2D eigenvalue weighted by atomic mass is 10.2. The summed E-state index contributed by atoms with van der Waals surface area (Å²) in [6.07, 6.45) is 1.62. The van der Waals surface area contributed by atoms with Gasteiger partial charge in [0.05, 0.1) is 30.1 Å². The number of thioether (sulfide) groups is 1. The van der Waals surface area contributed by atoms with E-state index in [1.807, 2.05) is 19.1 Å². The van der Waals surface area contributed by atoms with Crippen molar-refractivity contribution in [1.29, 1.82) is 0 Å². The minimum absolute atomic E-state index is 0.0883. The molecule has 1 aromatic heterocycles. The minimum Gasteiger partial charge on any atom is -0.494 e. The number of nitrogens with one attached hydrogen (secondary N) is 1. The van der Waals surface area contributed by atoms with Gasteiger partial charge in [-0.15, -0.1) is 11.8 Å². The molecule has 0 aliphatic carbocycles. The molecule has 3 N–H and O–H groups in total. The molecular formula is C15H18N2O3S. The van der Waals surface area contributed by atoms with Gasteiger partial charge in [0.2, 0.25) is 5.91 Å². The van der Waals surface area contributed by atoms with Gasteiger partial charge in [0, 0.05) is 11.8 Å². The van der Waals surface area contributed by atoms with Crippen molar-refractivity contribution < 1.29 is 13.9 Å². The summed E-state index contributed by atoms with van der Waals surface area (Å²) >= 11 is 1.51. The second-order valence-corrected chi connectivity index (χ2v) is 5.81. The first-order valence-corrected chi connectivity index (χ1v) is 7.53. The van der Waals surface area contributed by atoms with Crippen molar-refractivity contribution in [1.82, 2.24) is 0 Å². The molecule has 0 bridgehead atoms. The average Bonchev–Trinajstić information content (AvgIpc) is 2.99. The molecule has 0 spiro atoms. The van der Waals surface area contributed by atoms with E-state index in [1.165, 1.54) is 11.8 Å². The fraction of sp³-hybridized carbons (Fsp3) is 0.267. The third kappa shape index (κ3) is 4.19. The Morgan fingerprint density at radius 2 is 2.29 bits per heavy atom. The lowest BCUT2D eigenvalue weighted by molar-refractivity contribution is -0.115. The summed E-state index contributed by atoms with van der Waals surface area (Å²) < 4.78 is 10.5. The van der Waals surface area contributed by atoms with Crippen LogP contribution in [0, 0.1) is 0 Å². The zero-order valence-corrected chi connectivity index (χ0v) is 12.8. The maximum Gasteiger partial charge on any atom is 0.237 e. The van der Waals surface area contributed by atoms with Crippen molar-refractivity contribution >= 4 is 29.0 Å². The number of carbonyl (C=O) groups excluding carboxylic acids is 1. The molecule has 0 aliphatic heterocycles. The zero-order chi connectivity index (χ0) is 15.2. The number of anilines is 2. The quantitative estimate of drug-likeness (QED) is 0.802. The summed E-state index contributed by atoms with van der Waals surface area (Å²) in [4.78, 5) is 12.2. The number of amides is 1. The fourth-order valence-corrected chi connectivity index (χ4v) is 2.51. The summed E-state index contributed by atoms with van der Waals surface area (Å²) in [5.41, 5.74) is 6.89. The molecule has 2 rings (SSSR count). The lowest BCUT2D eigenvalue weighted by Crippen LogP contribution is -2.22. The summed E-state index contributed by atoms with van der Waals surface area (Å²) in [7, 11) is 1.54. The van der Waals surface area contributed by atoms with Crippen LogP contribution in [0.2, 0.25) is 0 Å². The van der Waals surface area contributed by atoms with E-state index in [1.54, 1.807) is 31.6 Å². The molecule has 5 nitrogen and oxygen atoms in total. The van der Waals surface area contributed by atoms with E-state index < -0.39 is 0 Å². The van der Waals surface area contributed by atoms with E-state index in [0.29, 0.717) is 22.9 Å². The van der Waals surface area contributed by atoms with Crippen molar-refractivity contribution in [3.63, 3.8) is 0 Å². The Hall–Kier alpha value is -2.08. The molecule has 1 aromatic carbocycles. The molecule has 1 amide bonds. The van der Waals surface area contributed by atoms with Gasteiger partial charge in [-0.2, -0.15) is 0 Å². The zero-order valence-electron chi connectivity index (χ0n) is 12.0. The largest absolute Gasteiger partial charge is 0.494 e. The Kier molecular flexibility index (Phi) is 5.16. The average molecular weight is 306 g/mol. The standard InChI is InChI=1S/C15H18N2O3S/c1-10(21-9-12-4-3-7-20-12)15(18)17-13-6-5-11(16)8-14(13)19-2/h3-8,10H,9,16H2,1-2H3,(H,17,18). The molecule has 0 saturated heterocycles. The number of carbonyl (C=O) groups is 1. The van der Waals surface area contributed by atoms with E-state index in [-0.39, 0.29) is 11.2 Å². The summed E-state index contributed by atoms with van der Waals surface area (Å²) in [5.74, 6) is 1.96. The number of nitrogens with two attached hydrogens (primary N) is 1. The first-order chi connectivity index (χ1) is 10.1. The highest BCUT2D eigenvalue weighted by Gasteiger charge is 2.16. The van der Waals surface area contributed by atoms with Gasteiger partial charge < -0.3 is 20.2 Å². The number of hydrogen-bond acceptors (Lipinski definition) is 5. The Morgan fingerprint density at radius 1 is 1.48 bits per heavy atom. The molecule has 0 aliphatic rings. The van der Waals surface area contributed by atoms with Crippen LogP contribution in [0.15, 0.2) is 41.0 Å². The molecule has 21 heavy (non-hydrogen) atoms. The second kappa shape index (κ2) is 7.08. The van der Waals surface area contributed by atoms with Crippen LogP contribution in [-0.4, -0.2) is 18.3 Å². The number of nitrogen functional groups attached to an aromatic ring is 1. The maximum absolute atomic E-state index is 12.2. The fourth-order valence-electron chi connectivity index (χ4n) is 1.72. The van der Waals surface area contributed by atoms with Crippen LogP contribution < -0.4 is 15.8 Å². The van der Waals surface area contributed by atoms with Crippen molar-refractivity contribution in [2.75, 3.05) is 18.2 Å². The predicted molar refractivity (Wildman–Crippen MR) is 85.5 cm³/mol. The van der Waals surface area contributed by atoms with E-state index in [0.717, 1.165) is 5.76 Å². The highest BCUT2D eigenvalue weighted by atomic mass is 32.2. The van der Waals surface area contributed by atoms with Crippen molar-refractivity contribution in [3.05, 3.63) is 42.4 Å². The molecule has 112 valence electrons. The van der Waals surface area contributed by atoms with Gasteiger partial charge in [0.15, 0.2) is 0 Å². The Labute approximate surface area is 127 Å². The minimum atomic E-state index is -0.211. The van der Waals surface area contributed by atoms with Crippen LogP contribution in [0.1, 0.15) is 12.7 Å². The first kappa shape index (κ1) is 15.3. The number of hydrogen-bond donors (Lipinski definition) is 2. The maximum atomic E-state index is 12.2. The van der Waals surface area contributed by atoms with Crippen LogP contribution in [0.4, 0.5) is 11.4 Å². The third-order valence-corrected chi connectivity index (χ3v) is 4.07. The van der Waals surface area contributed by atoms with Gasteiger partial charge >= 0.3 is 0 Å². The van der Waals surface area contributed by atoms with Gasteiger partial charge in [-0.3, -0.25) is 4.79 Å². The molecule has 6 heteroatoms. The van der Waals surface area contributed by atoms with Crippen molar-refractivity contribution in [2.45, 2.75) is 17.9 Å². The van der Waals surface area contributed by atoms with Gasteiger partial charge in [0.25, 0.3) is 0 Å². The molecule has 0 fully saturated rings. The molecule has 1 unspecified atom stereocenters. The molecule has 1 atom stereocenters. The molecule has 2 aromatic rings. The summed E-state index contributed by atoms with van der Waals surface area (Å²) in [6, 6.07) is 8.85. The van der Waals surface area contributed by atoms with Gasteiger partial charge in [-0.25, -0.2) is 0 Å². The molecule has 0 radical (unpaired) electrons. The van der Waals surface area contributed by atoms with Crippen molar-refractivity contribution in [3.8, 4) is 5.75 Å². The predicted octanol–water partition coefficient (Wildman–Crippen LogP) is 3.13. The third-order valence-electron chi connectivity index (χ3n) is 2.91. The number of methoxy groups -OCH3 is 1. The van der Waals surface area contributed by atoms with E-state index in [9.17, 15) is 4.79 Å². The highest BCUT2D eigenvalue weighted by Crippen LogP contribution is 2.27. The summed E-state index contributed by atoms with van der Waals surface area (Å²) in [5, 5.41) is 2.64. The highest BCUT2D eigenvalue weighted by molar-refractivity contribution is 7.99. The van der Waals surface area contributed by atoms with Gasteiger partial charge in [-0.05, 0) is 31.2 Å². The smallest absolute Gasteiger partial charge is 0.237 e. The second-order valence-electron chi connectivity index (χ2n) is 4.48. The van der Waals surface area contributed by atoms with Crippen LogP contribution >= 0.6 is 11.8 Å². The molecular weight excluding hydrogens is 288 g/mol. The van der Waals surface area contributed by atoms with E-state index in [4.69, 9.17) is 14.9 Å². The normalized spacial score (nSPS) is 11.9. The number of rotatable bonds is 6. The van der Waals surface area contributed by atoms with Crippen LogP contribution in [0.25, 0.3) is 0 Å². The SMILES string of the molecule is COc1cc(N)ccc1NC(=O)C(C)SCc1ccco1. The van der Waals surface area contributed by atoms with E-state index >= 15 is 0 Å². The lowest BCUT2D eigenvalue weighted by Gasteiger charge is -2.14. The van der Waals surface area contributed by atoms with Crippen LogP contribution in [0.3, 0.4) is 0 Å². The number of ether oxygens (including phenoxy) is 1. The monoisotopic (exact) mass is 306 g/mol. The summed E-state index contributed by atoms with van der Waals surface area (Å²) in [6.45, 7) is 1.85.